The fourth-order valence-corrected chi connectivity index (χ4v) is 2.44. The largest absolute Gasteiger partial charge is 0.369 e. The average molecular weight is 306 g/mol. The minimum Gasteiger partial charge on any atom is -0.369 e. The maximum Gasteiger partial charge on any atom is 0.272 e. The normalized spacial score (nSPS) is 10.7. The molecule has 0 saturated heterocycles. The van der Waals surface area contributed by atoms with Crippen LogP contribution in [0, 0.1) is 0 Å². The number of anilines is 2. The fraction of sp³-hybridized carbons (Fsp3) is 0.312. The SMILES string of the molecule is CCN(c1ccc(NC(=O)c2cc(Cl)c[nH]2)cc1)C(C)C. The molecule has 112 valence electrons. The molecule has 0 unspecified atom stereocenters. The van der Waals surface area contributed by atoms with Crippen LogP contribution in [0.4, 0.5) is 11.4 Å². The quantitative estimate of drug-likeness (QED) is 0.871. The Morgan fingerprint density at radius 2 is 2.00 bits per heavy atom. The predicted octanol–water partition coefficient (Wildman–Crippen LogP) is 4.16. The van der Waals surface area contributed by atoms with Crippen LogP contribution < -0.4 is 10.2 Å². The lowest BCUT2D eigenvalue weighted by molar-refractivity contribution is 0.102. The monoisotopic (exact) mass is 305 g/mol. The predicted molar refractivity (Wildman–Crippen MR) is 88.4 cm³/mol. The van der Waals surface area contributed by atoms with Crippen LogP contribution in [-0.2, 0) is 0 Å². The average Bonchev–Trinajstić information content (AvgIpc) is 2.88. The number of carbonyl (C=O) groups is 1. The van der Waals surface area contributed by atoms with Gasteiger partial charge >= 0.3 is 0 Å². The maximum absolute atomic E-state index is 12.0. The Morgan fingerprint density at radius 1 is 1.33 bits per heavy atom. The summed E-state index contributed by atoms with van der Waals surface area (Å²) in [7, 11) is 0. The maximum atomic E-state index is 12.0. The second-order valence-corrected chi connectivity index (χ2v) is 5.55. The molecule has 0 aliphatic rings. The zero-order chi connectivity index (χ0) is 15.4. The minimum atomic E-state index is -0.203. The van der Waals surface area contributed by atoms with Crippen molar-refractivity contribution in [3.8, 4) is 0 Å². The van der Waals surface area contributed by atoms with Crippen LogP contribution in [0.2, 0.25) is 5.02 Å². The summed E-state index contributed by atoms with van der Waals surface area (Å²) in [6.07, 6.45) is 1.58. The first-order chi connectivity index (χ1) is 10.0. The molecule has 1 aromatic carbocycles. The smallest absolute Gasteiger partial charge is 0.272 e. The van der Waals surface area contributed by atoms with E-state index in [0.717, 1.165) is 17.9 Å². The van der Waals surface area contributed by atoms with Crippen molar-refractivity contribution in [1.29, 1.82) is 0 Å². The van der Waals surface area contributed by atoms with Gasteiger partial charge in [0.15, 0.2) is 0 Å². The fourth-order valence-electron chi connectivity index (χ4n) is 2.28. The molecule has 0 atom stereocenters. The third-order valence-corrected chi connectivity index (χ3v) is 3.53. The van der Waals surface area contributed by atoms with Gasteiger partial charge in [-0.25, -0.2) is 0 Å². The molecule has 2 rings (SSSR count). The van der Waals surface area contributed by atoms with Gasteiger partial charge in [-0.3, -0.25) is 4.79 Å². The van der Waals surface area contributed by atoms with E-state index < -0.39 is 0 Å². The highest BCUT2D eigenvalue weighted by Crippen LogP contribution is 2.20. The van der Waals surface area contributed by atoms with Gasteiger partial charge in [0.2, 0.25) is 0 Å². The molecule has 1 heterocycles. The zero-order valence-corrected chi connectivity index (χ0v) is 13.2. The molecule has 2 aromatic rings. The van der Waals surface area contributed by atoms with Gasteiger partial charge in [-0.1, -0.05) is 11.6 Å². The summed E-state index contributed by atoms with van der Waals surface area (Å²) in [5, 5.41) is 3.36. The Morgan fingerprint density at radius 3 is 2.48 bits per heavy atom. The number of aromatic amines is 1. The topological polar surface area (TPSA) is 48.1 Å². The number of carbonyl (C=O) groups excluding carboxylic acids is 1. The van der Waals surface area contributed by atoms with Gasteiger partial charge in [0.25, 0.3) is 5.91 Å². The molecule has 0 aliphatic carbocycles. The van der Waals surface area contributed by atoms with E-state index in [1.54, 1.807) is 12.3 Å². The van der Waals surface area contributed by atoms with Crippen LogP contribution in [-0.4, -0.2) is 23.5 Å². The van der Waals surface area contributed by atoms with Gasteiger partial charge in [-0.2, -0.15) is 0 Å². The van der Waals surface area contributed by atoms with Crippen molar-refractivity contribution in [1.82, 2.24) is 4.98 Å². The third-order valence-electron chi connectivity index (χ3n) is 3.31. The molecular weight excluding hydrogens is 286 g/mol. The molecule has 0 radical (unpaired) electrons. The molecule has 0 saturated carbocycles. The van der Waals surface area contributed by atoms with Gasteiger partial charge in [-0.05, 0) is 51.1 Å². The van der Waals surface area contributed by atoms with E-state index in [1.807, 2.05) is 24.3 Å². The molecule has 5 heteroatoms. The van der Waals surface area contributed by atoms with Crippen LogP contribution in [0.3, 0.4) is 0 Å². The summed E-state index contributed by atoms with van der Waals surface area (Å²) < 4.78 is 0. The van der Waals surface area contributed by atoms with Gasteiger partial charge < -0.3 is 15.2 Å². The number of nitrogens with zero attached hydrogens (tertiary/aromatic N) is 1. The highest BCUT2D eigenvalue weighted by atomic mass is 35.5. The van der Waals surface area contributed by atoms with Crippen molar-refractivity contribution in [2.24, 2.45) is 0 Å². The molecule has 1 amide bonds. The summed E-state index contributed by atoms with van der Waals surface area (Å²) in [5.74, 6) is -0.203. The summed E-state index contributed by atoms with van der Waals surface area (Å²) >= 11 is 5.79. The number of benzene rings is 1. The van der Waals surface area contributed by atoms with E-state index in [0.29, 0.717) is 16.8 Å². The Labute approximate surface area is 130 Å². The number of aromatic nitrogens is 1. The number of hydrogen-bond donors (Lipinski definition) is 2. The second-order valence-electron chi connectivity index (χ2n) is 5.11. The number of halogens is 1. The molecule has 0 spiro atoms. The molecule has 4 nitrogen and oxygen atoms in total. The first-order valence-electron chi connectivity index (χ1n) is 7.03. The van der Waals surface area contributed by atoms with Crippen LogP contribution in [0.1, 0.15) is 31.3 Å². The Hall–Kier alpha value is -1.94. The molecule has 0 aliphatic heterocycles. The van der Waals surface area contributed by atoms with Crippen LogP contribution in [0.25, 0.3) is 0 Å². The van der Waals surface area contributed by atoms with Gasteiger partial charge in [0.1, 0.15) is 5.69 Å². The number of rotatable bonds is 5. The molecule has 0 bridgehead atoms. The van der Waals surface area contributed by atoms with Crippen LogP contribution >= 0.6 is 11.6 Å². The highest BCUT2D eigenvalue weighted by Gasteiger charge is 2.10. The number of H-pyrrole nitrogens is 1. The first-order valence-corrected chi connectivity index (χ1v) is 7.41. The van der Waals surface area contributed by atoms with E-state index in [2.05, 4.69) is 36.0 Å². The summed E-state index contributed by atoms with van der Waals surface area (Å²) in [4.78, 5) is 17.1. The Kier molecular flexibility index (Phi) is 4.91. The van der Waals surface area contributed by atoms with Crippen molar-refractivity contribution in [3.05, 3.63) is 47.2 Å². The number of hydrogen-bond acceptors (Lipinski definition) is 2. The Balaban J connectivity index is 2.07. The molecule has 21 heavy (non-hydrogen) atoms. The minimum absolute atomic E-state index is 0.203. The second kappa shape index (κ2) is 6.68. The molecular formula is C16H20ClN3O. The van der Waals surface area contributed by atoms with Crippen LogP contribution in [0.5, 0.6) is 0 Å². The number of nitrogens with one attached hydrogen (secondary N) is 2. The highest BCUT2D eigenvalue weighted by molar-refractivity contribution is 6.31. The lowest BCUT2D eigenvalue weighted by Crippen LogP contribution is -2.30. The van der Waals surface area contributed by atoms with Crippen molar-refractivity contribution in [2.45, 2.75) is 26.8 Å². The van der Waals surface area contributed by atoms with Crippen molar-refractivity contribution >= 4 is 28.9 Å². The lowest BCUT2D eigenvalue weighted by atomic mass is 10.2. The van der Waals surface area contributed by atoms with Crippen molar-refractivity contribution in [3.63, 3.8) is 0 Å². The third kappa shape index (κ3) is 3.79. The molecule has 0 fully saturated rings. The van der Waals surface area contributed by atoms with Gasteiger partial charge in [-0.15, -0.1) is 0 Å². The standard InChI is InChI=1S/C16H20ClN3O/c1-4-20(11(2)3)14-7-5-13(6-8-14)19-16(21)15-9-12(17)10-18-15/h5-11,18H,4H2,1-3H3,(H,19,21). The molecule has 1 aromatic heterocycles. The van der Waals surface area contributed by atoms with E-state index in [4.69, 9.17) is 11.6 Å². The zero-order valence-electron chi connectivity index (χ0n) is 12.5. The number of amides is 1. The first kappa shape index (κ1) is 15.4. The van der Waals surface area contributed by atoms with Crippen LogP contribution in [0.15, 0.2) is 36.5 Å². The van der Waals surface area contributed by atoms with Gasteiger partial charge in [0, 0.05) is 30.2 Å². The van der Waals surface area contributed by atoms with E-state index >= 15 is 0 Å². The lowest BCUT2D eigenvalue weighted by Gasteiger charge is -2.27. The van der Waals surface area contributed by atoms with E-state index in [-0.39, 0.29) is 5.91 Å². The van der Waals surface area contributed by atoms with Crippen molar-refractivity contribution < 1.29 is 4.79 Å². The van der Waals surface area contributed by atoms with E-state index in [9.17, 15) is 4.79 Å². The Bertz CT molecular complexity index is 604. The molecule has 2 N–H and O–H groups in total. The van der Waals surface area contributed by atoms with Crippen molar-refractivity contribution in [2.75, 3.05) is 16.8 Å². The summed E-state index contributed by atoms with van der Waals surface area (Å²) in [6, 6.07) is 9.88. The van der Waals surface area contributed by atoms with E-state index in [1.165, 1.54) is 0 Å². The summed E-state index contributed by atoms with van der Waals surface area (Å²) in [5.41, 5.74) is 2.35. The summed E-state index contributed by atoms with van der Waals surface area (Å²) in [6.45, 7) is 7.40. The van der Waals surface area contributed by atoms with Gasteiger partial charge in [0.05, 0.1) is 5.02 Å².